The lowest BCUT2D eigenvalue weighted by Crippen LogP contribution is -2.35. The lowest BCUT2D eigenvalue weighted by atomic mass is 10.1. The first-order valence-electron chi connectivity index (χ1n) is 10.1. The molecule has 6 nitrogen and oxygen atoms in total. The number of carbonyl (C=O) groups excluding carboxylic acids is 4. The molecule has 2 heterocycles. The minimum atomic E-state index is -0.180. The van der Waals surface area contributed by atoms with E-state index >= 15 is 0 Å². The molecule has 1 saturated heterocycles. The summed E-state index contributed by atoms with van der Waals surface area (Å²) in [5.41, 5.74) is 1.04. The lowest BCUT2D eigenvalue weighted by Gasteiger charge is -2.17. The van der Waals surface area contributed by atoms with Gasteiger partial charge in [-0.25, -0.2) is 0 Å². The van der Waals surface area contributed by atoms with Gasteiger partial charge >= 0.3 is 0 Å². The van der Waals surface area contributed by atoms with Crippen molar-refractivity contribution in [3.05, 3.63) is 35.4 Å². The van der Waals surface area contributed by atoms with Crippen LogP contribution >= 0.6 is 0 Å². The normalized spacial score (nSPS) is 14.9. The minimum absolute atomic E-state index is 0.0278. The molecule has 1 aromatic rings. The van der Waals surface area contributed by atoms with Crippen molar-refractivity contribution < 1.29 is 19.2 Å². The van der Waals surface area contributed by atoms with Crippen LogP contribution in [0.1, 0.15) is 88.9 Å². The predicted octanol–water partition coefficient (Wildman–Crippen LogP) is 4.29. The van der Waals surface area contributed by atoms with Crippen molar-refractivity contribution in [2.75, 3.05) is 0 Å². The fraction of sp³-hybridized carbons (Fsp3) is 0.545. The Bertz CT molecular complexity index is 645. The van der Waals surface area contributed by atoms with Crippen LogP contribution in [0.5, 0.6) is 0 Å². The van der Waals surface area contributed by atoms with Gasteiger partial charge in [-0.2, -0.15) is 0 Å². The van der Waals surface area contributed by atoms with Crippen molar-refractivity contribution >= 4 is 23.6 Å². The summed E-state index contributed by atoms with van der Waals surface area (Å²) in [6.07, 6.45) is 0.800. The van der Waals surface area contributed by atoms with Crippen molar-refractivity contribution in [1.82, 2.24) is 9.80 Å². The van der Waals surface area contributed by atoms with Gasteiger partial charge < -0.3 is 0 Å². The highest BCUT2D eigenvalue weighted by atomic mass is 16.2. The van der Waals surface area contributed by atoms with Gasteiger partial charge in [0.15, 0.2) is 0 Å². The van der Waals surface area contributed by atoms with Crippen LogP contribution in [0.4, 0.5) is 0 Å². The summed E-state index contributed by atoms with van der Waals surface area (Å²) >= 11 is 0. The average molecular weight is 391 g/mol. The number of benzene rings is 1. The van der Waals surface area contributed by atoms with Crippen LogP contribution in [0.15, 0.2) is 24.3 Å². The molecule has 4 amide bonds. The molecule has 0 unspecified atom stereocenters. The van der Waals surface area contributed by atoms with Gasteiger partial charge in [0, 0.05) is 24.9 Å². The maximum Gasteiger partial charge on any atom is 0.261 e. The second-order valence-corrected chi connectivity index (χ2v) is 6.37. The SMILES string of the molecule is CC.CC.CC(C)N1C(=O)CCC1=O.CC(C)N1C(=O)c2ccccc2C1=O. The Hall–Kier alpha value is -2.50. The molecule has 2 aliphatic rings. The van der Waals surface area contributed by atoms with Crippen molar-refractivity contribution in [3.8, 4) is 0 Å². The quantitative estimate of drug-likeness (QED) is 0.706. The van der Waals surface area contributed by atoms with Gasteiger partial charge in [-0.3, -0.25) is 29.0 Å². The van der Waals surface area contributed by atoms with Crippen molar-refractivity contribution in [1.29, 1.82) is 0 Å². The second kappa shape index (κ2) is 12.1. The Kier molecular flexibility index (Phi) is 11.0. The molecule has 0 saturated carbocycles. The van der Waals surface area contributed by atoms with Gasteiger partial charge in [0.2, 0.25) is 11.8 Å². The summed E-state index contributed by atoms with van der Waals surface area (Å²) in [4.78, 5) is 48.0. The Morgan fingerprint density at radius 3 is 1.21 bits per heavy atom. The maximum absolute atomic E-state index is 11.8. The maximum atomic E-state index is 11.8. The summed E-state index contributed by atoms with van der Waals surface area (Å²) in [6, 6.07) is 6.88. The molecule has 0 aliphatic carbocycles. The molecule has 1 aromatic carbocycles. The Labute approximate surface area is 168 Å². The van der Waals surface area contributed by atoms with E-state index in [0.717, 1.165) is 0 Å². The highest BCUT2D eigenvalue weighted by molar-refractivity contribution is 6.21. The number of hydrogen-bond donors (Lipinski definition) is 0. The van der Waals surface area contributed by atoms with Crippen LogP contribution in [-0.2, 0) is 9.59 Å². The molecule has 28 heavy (non-hydrogen) atoms. The van der Waals surface area contributed by atoms with E-state index in [1.807, 2.05) is 55.4 Å². The molecule has 3 rings (SSSR count). The van der Waals surface area contributed by atoms with Gasteiger partial charge in [0.05, 0.1) is 11.1 Å². The van der Waals surface area contributed by atoms with Crippen LogP contribution in [0, 0.1) is 0 Å². The third kappa shape index (κ3) is 5.75. The first-order valence-corrected chi connectivity index (χ1v) is 10.1. The molecule has 0 atom stereocenters. The molecule has 0 N–H and O–H groups in total. The monoisotopic (exact) mass is 390 g/mol. The number of likely N-dealkylation sites (tertiary alicyclic amines) is 1. The summed E-state index contributed by atoms with van der Waals surface area (Å²) < 4.78 is 0. The van der Waals surface area contributed by atoms with Gasteiger partial charge in [0.1, 0.15) is 0 Å². The zero-order chi connectivity index (χ0) is 22.0. The Morgan fingerprint density at radius 1 is 0.643 bits per heavy atom. The number of amides is 4. The third-order valence-corrected chi connectivity index (χ3v) is 3.95. The number of imide groups is 2. The van der Waals surface area contributed by atoms with Gasteiger partial charge in [-0.1, -0.05) is 39.8 Å². The van der Waals surface area contributed by atoms with E-state index in [0.29, 0.717) is 24.0 Å². The topological polar surface area (TPSA) is 74.8 Å². The van der Waals surface area contributed by atoms with E-state index in [1.54, 1.807) is 24.3 Å². The number of carbonyl (C=O) groups is 4. The molecule has 156 valence electrons. The van der Waals surface area contributed by atoms with Crippen molar-refractivity contribution in [3.63, 3.8) is 0 Å². The highest BCUT2D eigenvalue weighted by Gasteiger charge is 2.36. The number of nitrogens with zero attached hydrogens (tertiary/aromatic N) is 2. The zero-order valence-electron chi connectivity index (χ0n) is 18.4. The molecule has 0 bridgehead atoms. The van der Waals surface area contributed by atoms with Gasteiger partial charge in [0.25, 0.3) is 11.8 Å². The number of hydrogen-bond acceptors (Lipinski definition) is 4. The lowest BCUT2D eigenvalue weighted by molar-refractivity contribution is -0.140. The fourth-order valence-corrected chi connectivity index (χ4v) is 2.85. The molecule has 0 radical (unpaired) electrons. The second-order valence-electron chi connectivity index (χ2n) is 6.37. The highest BCUT2D eigenvalue weighted by Crippen LogP contribution is 2.23. The predicted molar refractivity (Wildman–Crippen MR) is 111 cm³/mol. The summed E-state index contributed by atoms with van der Waals surface area (Å²) in [7, 11) is 0. The molecule has 0 spiro atoms. The van der Waals surface area contributed by atoms with E-state index in [9.17, 15) is 19.2 Å². The van der Waals surface area contributed by atoms with E-state index in [2.05, 4.69) is 0 Å². The Balaban J connectivity index is 0.000000460. The summed E-state index contributed by atoms with van der Waals surface area (Å²) in [5, 5.41) is 0. The number of fused-ring (bicyclic) bond motifs is 1. The molecule has 6 heteroatoms. The average Bonchev–Trinajstić information content (AvgIpc) is 3.15. The molecule has 1 fully saturated rings. The number of rotatable bonds is 2. The summed E-state index contributed by atoms with van der Waals surface area (Å²) in [5.74, 6) is -0.416. The molecular weight excluding hydrogens is 356 g/mol. The first-order chi connectivity index (χ1) is 13.3. The third-order valence-electron chi connectivity index (χ3n) is 3.95. The zero-order valence-corrected chi connectivity index (χ0v) is 18.4. The van der Waals surface area contributed by atoms with Gasteiger partial charge in [-0.05, 0) is 39.8 Å². The largest absolute Gasteiger partial charge is 0.280 e. The van der Waals surface area contributed by atoms with Crippen LogP contribution in [0.2, 0.25) is 0 Å². The standard InChI is InChI=1S/C11H11NO2.C7H11NO2.2C2H6/c1-7(2)12-10(13)8-5-3-4-6-9(8)11(12)14;1-5(2)8-6(9)3-4-7(8)10;2*1-2/h3-7H,1-2H3;5H,3-4H2,1-2H3;2*1-2H3. The first kappa shape index (κ1) is 25.5. The van der Waals surface area contributed by atoms with E-state index < -0.39 is 0 Å². The minimum Gasteiger partial charge on any atom is -0.280 e. The van der Waals surface area contributed by atoms with Crippen LogP contribution < -0.4 is 0 Å². The van der Waals surface area contributed by atoms with Gasteiger partial charge in [-0.15, -0.1) is 0 Å². The van der Waals surface area contributed by atoms with E-state index in [4.69, 9.17) is 0 Å². The smallest absolute Gasteiger partial charge is 0.261 e. The van der Waals surface area contributed by atoms with Crippen LogP contribution in [0.25, 0.3) is 0 Å². The van der Waals surface area contributed by atoms with Crippen LogP contribution in [0.3, 0.4) is 0 Å². The molecule has 2 aliphatic heterocycles. The molecule has 0 aromatic heterocycles. The van der Waals surface area contributed by atoms with E-state index in [1.165, 1.54) is 9.80 Å². The van der Waals surface area contributed by atoms with Crippen LogP contribution in [-0.4, -0.2) is 45.5 Å². The van der Waals surface area contributed by atoms with Crippen molar-refractivity contribution in [2.45, 2.75) is 80.3 Å². The van der Waals surface area contributed by atoms with Crippen molar-refractivity contribution in [2.24, 2.45) is 0 Å². The van der Waals surface area contributed by atoms with E-state index in [-0.39, 0.29) is 35.7 Å². The fourth-order valence-electron chi connectivity index (χ4n) is 2.85. The Morgan fingerprint density at radius 2 is 0.964 bits per heavy atom. The molecular formula is C22H34N2O4. The summed E-state index contributed by atoms with van der Waals surface area (Å²) in [6.45, 7) is 15.4.